The zero-order valence-electron chi connectivity index (χ0n) is 12.3. The summed E-state index contributed by atoms with van der Waals surface area (Å²) in [6, 6.07) is 5.57. The molecule has 2 aliphatic heterocycles. The minimum Gasteiger partial charge on any atom is -0.381 e. The van der Waals surface area contributed by atoms with E-state index in [2.05, 4.69) is 10.4 Å². The zero-order chi connectivity index (χ0) is 15.0. The topological polar surface area (TPSA) is 64.9 Å². The van der Waals surface area contributed by atoms with E-state index in [1.165, 1.54) is 0 Å². The number of carbonyl (C=O) groups excluding carboxylic acids is 1. The van der Waals surface area contributed by atoms with E-state index in [0.717, 1.165) is 24.8 Å². The van der Waals surface area contributed by atoms with Crippen LogP contribution in [0.4, 0.5) is 0 Å². The Hall–Kier alpha value is -1.92. The van der Waals surface area contributed by atoms with Crippen molar-refractivity contribution in [1.82, 2.24) is 14.9 Å². The van der Waals surface area contributed by atoms with Crippen LogP contribution in [-0.2, 0) is 9.47 Å². The summed E-state index contributed by atoms with van der Waals surface area (Å²) < 4.78 is 13.1. The number of fused-ring (bicyclic) bond motifs is 1. The van der Waals surface area contributed by atoms with Gasteiger partial charge < -0.3 is 14.8 Å². The summed E-state index contributed by atoms with van der Waals surface area (Å²) in [6.07, 6.45) is 6.08. The van der Waals surface area contributed by atoms with Gasteiger partial charge in [-0.05, 0) is 24.6 Å². The number of ether oxygens (including phenoxy) is 2. The van der Waals surface area contributed by atoms with E-state index in [0.29, 0.717) is 25.4 Å². The van der Waals surface area contributed by atoms with Gasteiger partial charge in [0.1, 0.15) is 0 Å². The summed E-state index contributed by atoms with van der Waals surface area (Å²) >= 11 is 0. The van der Waals surface area contributed by atoms with Crippen LogP contribution in [0.5, 0.6) is 0 Å². The Kier molecular flexibility index (Phi) is 3.35. The number of amides is 1. The lowest BCUT2D eigenvalue weighted by atomic mass is 9.86. The second-order valence-electron chi connectivity index (χ2n) is 5.92. The van der Waals surface area contributed by atoms with Crippen LogP contribution in [0.25, 0.3) is 5.52 Å². The highest BCUT2D eigenvalue weighted by atomic mass is 16.5. The number of carbonyl (C=O) groups is 1. The van der Waals surface area contributed by atoms with E-state index >= 15 is 0 Å². The Balaban J connectivity index is 1.57. The molecule has 22 heavy (non-hydrogen) atoms. The van der Waals surface area contributed by atoms with Gasteiger partial charge in [0, 0.05) is 38.9 Å². The molecule has 2 aromatic rings. The molecule has 2 fully saturated rings. The minimum atomic E-state index is -0.251. The van der Waals surface area contributed by atoms with Crippen LogP contribution in [0.2, 0.25) is 0 Å². The van der Waals surface area contributed by atoms with E-state index in [1.54, 1.807) is 10.7 Å². The number of nitrogens with zero attached hydrogens (tertiary/aromatic N) is 2. The van der Waals surface area contributed by atoms with Crippen LogP contribution >= 0.6 is 0 Å². The molecule has 116 valence electrons. The fraction of sp³-hybridized carbons (Fsp3) is 0.500. The first-order chi connectivity index (χ1) is 10.8. The summed E-state index contributed by atoms with van der Waals surface area (Å²) in [5, 5.41) is 7.35. The molecule has 4 heterocycles. The molecule has 6 heteroatoms. The summed E-state index contributed by atoms with van der Waals surface area (Å²) in [5.41, 5.74) is 1.22. The Bertz CT molecular complexity index is 691. The quantitative estimate of drug-likeness (QED) is 0.910. The molecule has 1 unspecified atom stereocenters. The molecule has 0 aromatic carbocycles. The van der Waals surface area contributed by atoms with Crippen LogP contribution in [0.15, 0.2) is 30.6 Å². The highest BCUT2D eigenvalue weighted by molar-refractivity contribution is 6.00. The molecule has 2 saturated heterocycles. The Morgan fingerprint density at radius 1 is 1.32 bits per heavy atom. The van der Waals surface area contributed by atoms with Crippen LogP contribution in [0.1, 0.15) is 29.6 Å². The van der Waals surface area contributed by atoms with Crippen molar-refractivity contribution < 1.29 is 14.3 Å². The molecule has 1 amide bonds. The summed E-state index contributed by atoms with van der Waals surface area (Å²) in [4.78, 5) is 12.7. The maximum Gasteiger partial charge on any atom is 0.253 e. The van der Waals surface area contributed by atoms with Gasteiger partial charge in [-0.1, -0.05) is 0 Å². The fourth-order valence-corrected chi connectivity index (χ4v) is 3.54. The van der Waals surface area contributed by atoms with Gasteiger partial charge in [-0.2, -0.15) is 5.10 Å². The summed E-state index contributed by atoms with van der Waals surface area (Å²) in [6.45, 7) is 2.09. The number of hydrogen-bond acceptors (Lipinski definition) is 4. The van der Waals surface area contributed by atoms with Crippen molar-refractivity contribution in [2.75, 3.05) is 19.8 Å². The standard InChI is InChI=1S/C16H19N3O3/c20-15(12-2-1-8-19-13(12)3-7-17-19)18-14-4-9-22-16(14)5-10-21-11-6-16/h1-3,7-8,14H,4-6,9-11H2,(H,18,20). The van der Waals surface area contributed by atoms with Gasteiger partial charge in [0.25, 0.3) is 5.91 Å². The second kappa shape index (κ2) is 5.37. The monoisotopic (exact) mass is 301 g/mol. The van der Waals surface area contributed by atoms with Crippen molar-refractivity contribution in [2.45, 2.75) is 30.9 Å². The molecule has 2 aliphatic rings. The zero-order valence-corrected chi connectivity index (χ0v) is 12.3. The number of rotatable bonds is 2. The van der Waals surface area contributed by atoms with Gasteiger partial charge in [0.15, 0.2) is 0 Å². The third-order valence-corrected chi connectivity index (χ3v) is 4.76. The first-order valence-corrected chi connectivity index (χ1v) is 7.73. The fourth-order valence-electron chi connectivity index (χ4n) is 3.54. The number of pyridine rings is 1. The van der Waals surface area contributed by atoms with Crippen molar-refractivity contribution in [1.29, 1.82) is 0 Å². The molecular weight excluding hydrogens is 282 g/mol. The Morgan fingerprint density at radius 3 is 3.05 bits per heavy atom. The van der Waals surface area contributed by atoms with Gasteiger partial charge in [0.2, 0.25) is 0 Å². The van der Waals surface area contributed by atoms with Gasteiger partial charge in [0.05, 0.1) is 28.9 Å². The maximum atomic E-state index is 12.7. The second-order valence-corrected chi connectivity index (χ2v) is 5.92. The Morgan fingerprint density at radius 2 is 2.18 bits per heavy atom. The van der Waals surface area contributed by atoms with Gasteiger partial charge >= 0.3 is 0 Å². The predicted octanol–water partition coefficient (Wildman–Crippen LogP) is 1.40. The van der Waals surface area contributed by atoms with E-state index in [9.17, 15) is 4.79 Å². The lowest BCUT2D eigenvalue weighted by Crippen LogP contribution is -2.52. The van der Waals surface area contributed by atoms with E-state index in [1.807, 2.05) is 24.4 Å². The first-order valence-electron chi connectivity index (χ1n) is 7.73. The number of nitrogens with one attached hydrogen (secondary N) is 1. The molecule has 1 spiro atoms. The van der Waals surface area contributed by atoms with Crippen LogP contribution in [0, 0.1) is 0 Å². The number of hydrogen-bond donors (Lipinski definition) is 1. The average Bonchev–Trinajstić information content (AvgIpc) is 3.16. The smallest absolute Gasteiger partial charge is 0.253 e. The van der Waals surface area contributed by atoms with Crippen molar-refractivity contribution in [3.05, 3.63) is 36.2 Å². The van der Waals surface area contributed by atoms with Gasteiger partial charge in [-0.3, -0.25) is 4.79 Å². The van der Waals surface area contributed by atoms with Crippen molar-refractivity contribution >= 4 is 11.4 Å². The third kappa shape index (κ3) is 2.19. The predicted molar refractivity (Wildman–Crippen MR) is 79.8 cm³/mol. The van der Waals surface area contributed by atoms with E-state index in [-0.39, 0.29) is 17.6 Å². The van der Waals surface area contributed by atoms with Crippen LogP contribution in [-0.4, -0.2) is 47.0 Å². The van der Waals surface area contributed by atoms with Gasteiger partial charge in [-0.25, -0.2) is 4.52 Å². The van der Waals surface area contributed by atoms with Crippen LogP contribution < -0.4 is 5.32 Å². The molecular formula is C16H19N3O3. The SMILES string of the molecule is O=C(NC1CCOC12CCOCC2)c1cccn2nccc12. The molecule has 1 N–H and O–H groups in total. The highest BCUT2D eigenvalue weighted by Crippen LogP contribution is 2.35. The summed E-state index contributed by atoms with van der Waals surface area (Å²) in [7, 11) is 0. The molecule has 2 aromatic heterocycles. The lowest BCUT2D eigenvalue weighted by molar-refractivity contribution is -0.0872. The molecule has 0 aliphatic carbocycles. The minimum absolute atomic E-state index is 0.0482. The van der Waals surface area contributed by atoms with E-state index < -0.39 is 0 Å². The molecule has 6 nitrogen and oxygen atoms in total. The van der Waals surface area contributed by atoms with Crippen molar-refractivity contribution in [3.8, 4) is 0 Å². The first kappa shape index (κ1) is 13.7. The van der Waals surface area contributed by atoms with Crippen LogP contribution in [0.3, 0.4) is 0 Å². The molecule has 1 atom stereocenters. The summed E-state index contributed by atoms with van der Waals surface area (Å²) in [5.74, 6) is -0.0625. The largest absolute Gasteiger partial charge is 0.381 e. The lowest BCUT2D eigenvalue weighted by Gasteiger charge is -2.37. The Labute approximate surface area is 128 Å². The van der Waals surface area contributed by atoms with Crippen molar-refractivity contribution in [2.24, 2.45) is 0 Å². The maximum absolute atomic E-state index is 12.7. The average molecular weight is 301 g/mol. The molecule has 0 bridgehead atoms. The van der Waals surface area contributed by atoms with E-state index in [4.69, 9.17) is 9.47 Å². The molecule has 0 radical (unpaired) electrons. The van der Waals surface area contributed by atoms with Gasteiger partial charge in [-0.15, -0.1) is 0 Å². The molecule has 4 rings (SSSR count). The number of aromatic nitrogens is 2. The highest BCUT2D eigenvalue weighted by Gasteiger charge is 2.46. The molecule has 0 saturated carbocycles. The van der Waals surface area contributed by atoms with Crippen molar-refractivity contribution in [3.63, 3.8) is 0 Å². The normalized spacial score (nSPS) is 23.9. The third-order valence-electron chi connectivity index (χ3n) is 4.76.